The number of benzene rings is 2. The number of ether oxygens (including phenoxy) is 3. The van der Waals surface area contributed by atoms with Crippen molar-refractivity contribution in [3.05, 3.63) is 72.1 Å². The highest BCUT2D eigenvalue weighted by molar-refractivity contribution is 6.02. The van der Waals surface area contributed by atoms with Crippen LogP contribution in [0.25, 0.3) is 0 Å². The minimum atomic E-state index is -0.386. The van der Waals surface area contributed by atoms with Crippen LogP contribution in [0.15, 0.2) is 60.8 Å². The molecular weight excluding hydrogens is 424 g/mol. The van der Waals surface area contributed by atoms with Crippen molar-refractivity contribution in [1.29, 1.82) is 0 Å². The van der Waals surface area contributed by atoms with Crippen LogP contribution in [-0.4, -0.2) is 59.4 Å². The van der Waals surface area contributed by atoms with Gasteiger partial charge in [0, 0.05) is 26.3 Å². The number of carbonyl (C=O) groups excluding carboxylic acids is 2. The minimum Gasteiger partial charge on any atom is -0.489 e. The first kappa shape index (κ1) is 22.3. The van der Waals surface area contributed by atoms with Gasteiger partial charge in [-0.25, -0.2) is 0 Å². The minimum absolute atomic E-state index is 0.202. The summed E-state index contributed by atoms with van der Waals surface area (Å²) in [5.41, 5.74) is 1.64. The van der Waals surface area contributed by atoms with Crippen molar-refractivity contribution in [2.75, 3.05) is 38.2 Å². The van der Waals surface area contributed by atoms with Gasteiger partial charge in [0.2, 0.25) is 0 Å². The van der Waals surface area contributed by atoms with Gasteiger partial charge in [0.25, 0.3) is 11.8 Å². The van der Waals surface area contributed by atoms with E-state index in [9.17, 15) is 9.59 Å². The molecule has 0 bridgehead atoms. The van der Waals surface area contributed by atoms with Gasteiger partial charge in [-0.15, -0.1) is 0 Å². The number of carbonyl (C=O) groups is 2. The van der Waals surface area contributed by atoms with E-state index in [0.29, 0.717) is 50.1 Å². The summed E-state index contributed by atoms with van der Waals surface area (Å²) in [6.45, 7) is 2.24. The molecule has 172 valence electrons. The van der Waals surface area contributed by atoms with E-state index in [0.717, 1.165) is 5.56 Å². The second-order valence-electron chi connectivity index (χ2n) is 7.55. The molecule has 0 spiro atoms. The Labute approximate surface area is 191 Å². The van der Waals surface area contributed by atoms with Crippen molar-refractivity contribution in [1.82, 2.24) is 14.7 Å². The van der Waals surface area contributed by atoms with Crippen LogP contribution >= 0.6 is 0 Å². The fourth-order valence-corrected chi connectivity index (χ4v) is 3.36. The lowest BCUT2D eigenvalue weighted by Crippen LogP contribution is -2.41. The number of rotatable bonds is 8. The third-order valence-corrected chi connectivity index (χ3v) is 5.05. The molecule has 1 aromatic heterocycles. The fraction of sp³-hybridized carbons (Fsp3) is 0.292. The maximum Gasteiger partial charge on any atom is 0.276 e. The highest BCUT2D eigenvalue weighted by atomic mass is 16.5. The first-order valence-corrected chi connectivity index (χ1v) is 10.7. The lowest BCUT2D eigenvalue weighted by atomic mass is 10.2. The Morgan fingerprint density at radius 1 is 1.00 bits per heavy atom. The molecule has 4 rings (SSSR count). The van der Waals surface area contributed by atoms with Crippen LogP contribution in [0, 0.1) is 0 Å². The molecule has 1 fully saturated rings. The predicted molar refractivity (Wildman–Crippen MR) is 121 cm³/mol. The number of nitrogens with zero attached hydrogens (tertiary/aromatic N) is 3. The molecule has 33 heavy (non-hydrogen) atoms. The van der Waals surface area contributed by atoms with Crippen molar-refractivity contribution in [2.24, 2.45) is 7.05 Å². The Morgan fingerprint density at radius 2 is 1.67 bits per heavy atom. The number of anilines is 1. The molecular formula is C24H26N4O5. The fourth-order valence-electron chi connectivity index (χ4n) is 3.36. The summed E-state index contributed by atoms with van der Waals surface area (Å²) < 4.78 is 18.1. The van der Waals surface area contributed by atoms with E-state index in [-0.39, 0.29) is 24.1 Å². The number of hydrogen-bond donors (Lipinski definition) is 1. The second kappa shape index (κ2) is 10.6. The molecule has 0 atom stereocenters. The summed E-state index contributed by atoms with van der Waals surface area (Å²) in [6.07, 6.45) is 1.60. The van der Waals surface area contributed by atoms with Gasteiger partial charge in [0.15, 0.2) is 12.3 Å². The number of hydrogen-bond acceptors (Lipinski definition) is 6. The third-order valence-electron chi connectivity index (χ3n) is 5.05. The first-order chi connectivity index (χ1) is 16.1. The van der Waals surface area contributed by atoms with E-state index in [1.807, 2.05) is 30.3 Å². The summed E-state index contributed by atoms with van der Waals surface area (Å²) in [5, 5.41) is 6.94. The van der Waals surface area contributed by atoms with Gasteiger partial charge in [-0.05, 0) is 29.8 Å². The number of nitrogens with one attached hydrogen (secondary N) is 1. The SMILES string of the molecule is Cn1cc(NC(=O)COc2ccc(OCc3ccccc3)cc2)c(C(=O)N2CCOCC2)n1. The maximum absolute atomic E-state index is 12.8. The topological polar surface area (TPSA) is 94.9 Å². The number of amides is 2. The number of aromatic nitrogens is 2. The lowest BCUT2D eigenvalue weighted by Gasteiger charge is -2.26. The molecule has 0 radical (unpaired) electrons. The smallest absolute Gasteiger partial charge is 0.276 e. The van der Waals surface area contributed by atoms with Crippen molar-refractivity contribution >= 4 is 17.5 Å². The Morgan fingerprint density at radius 3 is 2.36 bits per heavy atom. The van der Waals surface area contributed by atoms with Crippen LogP contribution < -0.4 is 14.8 Å². The monoisotopic (exact) mass is 450 g/mol. The normalized spacial score (nSPS) is 13.4. The van der Waals surface area contributed by atoms with Crippen LogP contribution in [-0.2, 0) is 23.2 Å². The summed E-state index contributed by atoms with van der Waals surface area (Å²) >= 11 is 0. The van der Waals surface area contributed by atoms with Crippen LogP contribution in [0.2, 0.25) is 0 Å². The highest BCUT2D eigenvalue weighted by Crippen LogP contribution is 2.20. The third kappa shape index (κ3) is 6.11. The number of morpholine rings is 1. The van der Waals surface area contributed by atoms with Crippen molar-refractivity contribution < 1.29 is 23.8 Å². The van der Waals surface area contributed by atoms with Crippen LogP contribution in [0.3, 0.4) is 0 Å². The molecule has 1 aliphatic heterocycles. The van der Waals surface area contributed by atoms with E-state index in [4.69, 9.17) is 14.2 Å². The summed E-state index contributed by atoms with van der Waals surface area (Å²) in [5.74, 6) is 0.620. The Hall–Kier alpha value is -3.85. The molecule has 1 aliphatic rings. The van der Waals surface area contributed by atoms with Gasteiger partial charge >= 0.3 is 0 Å². The van der Waals surface area contributed by atoms with E-state index >= 15 is 0 Å². The zero-order chi connectivity index (χ0) is 23.0. The molecule has 0 aliphatic carbocycles. The first-order valence-electron chi connectivity index (χ1n) is 10.7. The molecule has 9 heteroatoms. The van der Waals surface area contributed by atoms with Crippen molar-refractivity contribution in [3.63, 3.8) is 0 Å². The molecule has 0 saturated carbocycles. The molecule has 9 nitrogen and oxygen atoms in total. The predicted octanol–water partition coefficient (Wildman–Crippen LogP) is 2.49. The zero-order valence-corrected chi connectivity index (χ0v) is 18.4. The summed E-state index contributed by atoms with van der Waals surface area (Å²) in [4.78, 5) is 26.9. The summed E-state index contributed by atoms with van der Waals surface area (Å²) in [6, 6.07) is 16.9. The van der Waals surface area contributed by atoms with E-state index in [2.05, 4.69) is 10.4 Å². The van der Waals surface area contributed by atoms with E-state index in [1.54, 1.807) is 42.4 Å². The van der Waals surface area contributed by atoms with Crippen molar-refractivity contribution in [2.45, 2.75) is 6.61 Å². The Balaban J connectivity index is 1.28. The second-order valence-corrected chi connectivity index (χ2v) is 7.55. The zero-order valence-electron chi connectivity index (χ0n) is 18.4. The standard InChI is InChI=1S/C24H26N4O5/c1-27-15-21(23(26-27)24(30)28-11-13-31-14-12-28)25-22(29)17-33-20-9-7-19(8-10-20)32-16-18-5-3-2-4-6-18/h2-10,15H,11-14,16-17H2,1H3,(H,25,29). The molecule has 2 heterocycles. The molecule has 0 unspecified atom stereocenters. The molecule has 2 amide bonds. The van der Waals surface area contributed by atoms with Gasteiger partial charge in [-0.2, -0.15) is 5.10 Å². The molecule has 3 aromatic rings. The Kier molecular flexibility index (Phi) is 7.21. The van der Waals surface area contributed by atoms with E-state index in [1.165, 1.54) is 4.68 Å². The van der Waals surface area contributed by atoms with Gasteiger partial charge in [0.1, 0.15) is 18.1 Å². The maximum atomic E-state index is 12.8. The molecule has 1 N–H and O–H groups in total. The van der Waals surface area contributed by atoms with E-state index < -0.39 is 0 Å². The van der Waals surface area contributed by atoms with Gasteiger partial charge in [0.05, 0.1) is 18.9 Å². The average Bonchev–Trinajstić information content (AvgIpc) is 3.22. The van der Waals surface area contributed by atoms with Crippen molar-refractivity contribution in [3.8, 4) is 11.5 Å². The molecule has 2 aromatic carbocycles. The summed E-state index contributed by atoms with van der Waals surface area (Å²) in [7, 11) is 1.70. The molecule has 1 saturated heterocycles. The Bertz CT molecular complexity index is 1080. The average molecular weight is 450 g/mol. The number of aryl methyl sites for hydroxylation is 1. The van der Waals surface area contributed by atoms with Gasteiger partial charge in [-0.3, -0.25) is 14.3 Å². The van der Waals surface area contributed by atoms with Crippen LogP contribution in [0.4, 0.5) is 5.69 Å². The lowest BCUT2D eigenvalue weighted by molar-refractivity contribution is -0.118. The largest absolute Gasteiger partial charge is 0.489 e. The van der Waals surface area contributed by atoms with Gasteiger partial charge < -0.3 is 24.4 Å². The van der Waals surface area contributed by atoms with Crippen LogP contribution in [0.5, 0.6) is 11.5 Å². The quantitative estimate of drug-likeness (QED) is 0.567. The highest BCUT2D eigenvalue weighted by Gasteiger charge is 2.25. The van der Waals surface area contributed by atoms with Gasteiger partial charge in [-0.1, -0.05) is 30.3 Å². The van der Waals surface area contributed by atoms with Crippen LogP contribution in [0.1, 0.15) is 16.1 Å².